The third kappa shape index (κ3) is 2.52. The summed E-state index contributed by atoms with van der Waals surface area (Å²) in [5, 5.41) is 5.08. The van der Waals surface area contributed by atoms with Crippen LogP contribution < -0.4 is 16.4 Å². The first kappa shape index (κ1) is 11.4. The van der Waals surface area contributed by atoms with Gasteiger partial charge in [0.15, 0.2) is 0 Å². The molecule has 4 N–H and O–H groups in total. The molecule has 5 nitrogen and oxygen atoms in total. The first-order valence-corrected chi connectivity index (χ1v) is 5.21. The normalized spacial score (nSPS) is 19.9. The predicted octanol–water partition coefficient (Wildman–Crippen LogP) is 0.625. The summed E-state index contributed by atoms with van der Waals surface area (Å²) in [6.07, 6.45) is 0.678. The summed E-state index contributed by atoms with van der Waals surface area (Å²) in [5.74, 6) is -1.21. The van der Waals surface area contributed by atoms with Crippen molar-refractivity contribution >= 4 is 23.2 Å². The molecular formula is C11H12FN3O2. The van der Waals surface area contributed by atoms with Crippen molar-refractivity contribution in [1.82, 2.24) is 5.32 Å². The lowest BCUT2D eigenvalue weighted by Crippen LogP contribution is -2.47. The van der Waals surface area contributed by atoms with Crippen molar-refractivity contribution < 1.29 is 14.0 Å². The largest absolute Gasteiger partial charge is 0.396 e. The van der Waals surface area contributed by atoms with Crippen molar-refractivity contribution in [1.29, 1.82) is 0 Å². The zero-order valence-electron chi connectivity index (χ0n) is 9.00. The molecule has 90 valence electrons. The highest BCUT2D eigenvalue weighted by Crippen LogP contribution is 2.18. The predicted molar refractivity (Wildman–Crippen MR) is 60.6 cm³/mol. The molecule has 1 aliphatic rings. The fourth-order valence-corrected chi connectivity index (χ4v) is 1.65. The summed E-state index contributed by atoms with van der Waals surface area (Å²) in [5.41, 5.74) is 5.86. The molecule has 0 radical (unpaired) electrons. The smallest absolute Gasteiger partial charge is 0.249 e. The zero-order valence-corrected chi connectivity index (χ0v) is 9.00. The summed E-state index contributed by atoms with van der Waals surface area (Å²) in [6.45, 7) is 0. The number of nitrogens with one attached hydrogen (secondary N) is 2. The van der Waals surface area contributed by atoms with Gasteiger partial charge in [-0.2, -0.15) is 0 Å². The van der Waals surface area contributed by atoms with E-state index in [1.165, 1.54) is 12.1 Å². The molecule has 1 unspecified atom stereocenters. The van der Waals surface area contributed by atoms with Crippen LogP contribution in [0, 0.1) is 5.82 Å². The van der Waals surface area contributed by atoms with Gasteiger partial charge in [0, 0.05) is 12.1 Å². The van der Waals surface area contributed by atoms with Gasteiger partial charge in [-0.25, -0.2) is 4.39 Å². The fourth-order valence-electron chi connectivity index (χ4n) is 1.65. The number of imide groups is 1. The van der Waals surface area contributed by atoms with Crippen LogP contribution in [0.1, 0.15) is 12.8 Å². The van der Waals surface area contributed by atoms with E-state index in [-0.39, 0.29) is 18.0 Å². The number of anilines is 2. The van der Waals surface area contributed by atoms with Gasteiger partial charge in [0.05, 0.1) is 5.69 Å². The molecule has 1 aromatic carbocycles. The number of amides is 2. The maximum absolute atomic E-state index is 13.2. The fraction of sp³-hybridized carbons (Fsp3) is 0.273. The molecule has 0 aliphatic carbocycles. The van der Waals surface area contributed by atoms with Gasteiger partial charge in [0.1, 0.15) is 11.9 Å². The number of carbonyl (C=O) groups excluding carboxylic acids is 2. The Hall–Kier alpha value is -2.11. The van der Waals surface area contributed by atoms with Crippen molar-refractivity contribution in [2.75, 3.05) is 11.1 Å². The van der Waals surface area contributed by atoms with E-state index in [9.17, 15) is 14.0 Å². The van der Waals surface area contributed by atoms with Gasteiger partial charge in [-0.3, -0.25) is 14.9 Å². The first-order chi connectivity index (χ1) is 8.06. The summed E-state index contributed by atoms with van der Waals surface area (Å²) in [7, 11) is 0. The van der Waals surface area contributed by atoms with Gasteiger partial charge < -0.3 is 11.1 Å². The molecule has 1 atom stereocenters. The van der Waals surface area contributed by atoms with Crippen LogP contribution in [0.5, 0.6) is 0 Å². The Balaban J connectivity index is 2.08. The molecule has 6 heteroatoms. The lowest BCUT2D eigenvalue weighted by atomic mass is 10.1. The van der Waals surface area contributed by atoms with Gasteiger partial charge in [0.2, 0.25) is 11.8 Å². The Morgan fingerprint density at radius 1 is 1.41 bits per heavy atom. The van der Waals surface area contributed by atoms with Crippen molar-refractivity contribution in [3.63, 3.8) is 0 Å². The maximum atomic E-state index is 13.2. The molecule has 0 bridgehead atoms. The van der Waals surface area contributed by atoms with Gasteiger partial charge >= 0.3 is 0 Å². The van der Waals surface area contributed by atoms with Crippen LogP contribution in [0.15, 0.2) is 18.2 Å². The Morgan fingerprint density at radius 2 is 2.18 bits per heavy atom. The number of carbonyl (C=O) groups is 2. The van der Waals surface area contributed by atoms with Crippen LogP contribution in [0.3, 0.4) is 0 Å². The number of nitrogen functional groups attached to an aromatic ring is 1. The molecule has 1 saturated heterocycles. The average molecular weight is 237 g/mol. The van der Waals surface area contributed by atoms with Crippen molar-refractivity contribution in [2.24, 2.45) is 0 Å². The molecular weight excluding hydrogens is 225 g/mol. The van der Waals surface area contributed by atoms with Crippen LogP contribution >= 0.6 is 0 Å². The topological polar surface area (TPSA) is 84.2 Å². The Morgan fingerprint density at radius 3 is 2.82 bits per heavy atom. The summed E-state index contributed by atoms with van der Waals surface area (Å²) >= 11 is 0. The Bertz CT molecular complexity index is 476. The molecule has 2 amide bonds. The standard InChI is InChI=1S/C11H12FN3O2/c12-7-5-6(1-2-8(7)13)14-9-3-4-10(16)15-11(9)17/h1-2,5,9,14H,3-4,13H2,(H,15,16,17). The Labute approximate surface area is 97.2 Å². The van der Waals surface area contributed by atoms with Crippen LogP contribution in [-0.2, 0) is 9.59 Å². The highest BCUT2D eigenvalue weighted by molar-refractivity contribution is 6.01. The van der Waals surface area contributed by atoms with Crippen LogP contribution in [0.4, 0.5) is 15.8 Å². The zero-order chi connectivity index (χ0) is 12.4. The molecule has 2 rings (SSSR count). The molecule has 17 heavy (non-hydrogen) atoms. The van der Waals surface area contributed by atoms with E-state index in [4.69, 9.17) is 5.73 Å². The molecule has 1 aliphatic heterocycles. The van der Waals surface area contributed by atoms with Crippen molar-refractivity contribution in [2.45, 2.75) is 18.9 Å². The molecule has 0 saturated carbocycles. The van der Waals surface area contributed by atoms with E-state index in [0.29, 0.717) is 12.1 Å². The minimum Gasteiger partial charge on any atom is -0.396 e. The Kier molecular flexibility index (Phi) is 2.95. The number of halogens is 1. The summed E-state index contributed by atoms with van der Waals surface area (Å²) in [4.78, 5) is 22.4. The molecule has 0 spiro atoms. The molecule has 1 aromatic rings. The lowest BCUT2D eigenvalue weighted by Gasteiger charge is -2.22. The van der Waals surface area contributed by atoms with E-state index in [1.807, 2.05) is 0 Å². The van der Waals surface area contributed by atoms with Gasteiger partial charge in [-0.15, -0.1) is 0 Å². The third-order valence-electron chi connectivity index (χ3n) is 2.58. The van der Waals surface area contributed by atoms with Gasteiger partial charge in [-0.05, 0) is 24.6 Å². The second-order valence-electron chi connectivity index (χ2n) is 3.88. The lowest BCUT2D eigenvalue weighted by molar-refractivity contribution is -0.133. The van der Waals surface area contributed by atoms with Crippen molar-refractivity contribution in [3.8, 4) is 0 Å². The van der Waals surface area contributed by atoms with E-state index < -0.39 is 17.8 Å². The monoisotopic (exact) mass is 237 g/mol. The van der Waals surface area contributed by atoms with Crippen molar-refractivity contribution in [3.05, 3.63) is 24.0 Å². The van der Waals surface area contributed by atoms with E-state index in [0.717, 1.165) is 0 Å². The second-order valence-corrected chi connectivity index (χ2v) is 3.88. The number of hydrogen-bond acceptors (Lipinski definition) is 4. The SMILES string of the molecule is Nc1ccc(NC2CCC(=O)NC2=O)cc1F. The number of piperidine rings is 1. The number of nitrogens with two attached hydrogens (primary N) is 1. The van der Waals surface area contributed by atoms with E-state index in [1.54, 1.807) is 6.07 Å². The maximum Gasteiger partial charge on any atom is 0.249 e. The van der Waals surface area contributed by atoms with Crippen LogP contribution in [0.2, 0.25) is 0 Å². The highest BCUT2D eigenvalue weighted by atomic mass is 19.1. The quantitative estimate of drug-likeness (QED) is 0.520. The van der Waals surface area contributed by atoms with Crippen LogP contribution in [0.25, 0.3) is 0 Å². The molecule has 0 aromatic heterocycles. The van der Waals surface area contributed by atoms with E-state index >= 15 is 0 Å². The second kappa shape index (κ2) is 4.40. The first-order valence-electron chi connectivity index (χ1n) is 5.21. The molecule has 1 heterocycles. The van der Waals surface area contributed by atoms with Gasteiger partial charge in [0.25, 0.3) is 0 Å². The van der Waals surface area contributed by atoms with E-state index in [2.05, 4.69) is 10.6 Å². The minimum atomic E-state index is -0.540. The molecule has 1 fully saturated rings. The third-order valence-corrected chi connectivity index (χ3v) is 2.58. The number of benzene rings is 1. The average Bonchev–Trinajstić information content (AvgIpc) is 2.27. The number of rotatable bonds is 2. The van der Waals surface area contributed by atoms with Gasteiger partial charge in [-0.1, -0.05) is 0 Å². The minimum absolute atomic E-state index is 0.0545. The number of hydrogen-bond donors (Lipinski definition) is 3. The highest BCUT2D eigenvalue weighted by Gasteiger charge is 2.26. The summed E-state index contributed by atoms with van der Waals surface area (Å²) < 4.78 is 13.2. The summed E-state index contributed by atoms with van der Waals surface area (Å²) in [6, 6.07) is 3.71. The van der Waals surface area contributed by atoms with Crippen LogP contribution in [-0.4, -0.2) is 17.9 Å².